The molecule has 3 aromatic rings. The highest BCUT2D eigenvalue weighted by atomic mass is 79.9. The van der Waals surface area contributed by atoms with Crippen LogP contribution >= 0.6 is 15.9 Å². The Morgan fingerprint density at radius 1 is 1.37 bits per heavy atom. The number of carbonyl (C=O) groups excluding carboxylic acids is 1. The molecule has 0 unspecified atom stereocenters. The summed E-state index contributed by atoms with van der Waals surface area (Å²) in [5, 5.41) is 28.7. The number of methoxy groups -OCH3 is 1. The first kappa shape index (κ1) is 21.0. The van der Waals surface area contributed by atoms with Crippen molar-refractivity contribution in [3.05, 3.63) is 80.1 Å². The Balaban J connectivity index is 1.75. The van der Waals surface area contributed by atoms with Crippen LogP contribution in [-0.2, 0) is 6.54 Å². The number of nitrogens with one attached hydrogen (secondary N) is 1. The first-order valence-corrected chi connectivity index (χ1v) is 9.33. The number of nitro groups is 1. The van der Waals surface area contributed by atoms with Crippen LogP contribution in [0.3, 0.4) is 0 Å². The van der Waals surface area contributed by atoms with Crippen molar-refractivity contribution in [1.29, 1.82) is 0 Å². The van der Waals surface area contributed by atoms with E-state index in [4.69, 9.17) is 4.74 Å². The van der Waals surface area contributed by atoms with Crippen LogP contribution in [0.25, 0.3) is 0 Å². The fourth-order valence-electron chi connectivity index (χ4n) is 2.56. The maximum absolute atomic E-state index is 12.4. The Labute approximate surface area is 179 Å². The molecule has 0 aliphatic carbocycles. The number of nitrogens with zero attached hydrogens (tertiary/aromatic N) is 4. The minimum absolute atomic E-state index is 0.0365. The van der Waals surface area contributed by atoms with Gasteiger partial charge >= 0.3 is 5.69 Å². The zero-order valence-electron chi connectivity index (χ0n) is 15.7. The molecule has 0 aliphatic rings. The van der Waals surface area contributed by atoms with Crippen molar-refractivity contribution >= 4 is 33.7 Å². The first-order valence-electron chi connectivity index (χ1n) is 8.54. The SMILES string of the molecule is COc1cc(/C=N\NC(=O)c2nn(Cc3ccc(Br)cc3)cc2[N+](=O)[O-])ccc1O. The van der Waals surface area contributed by atoms with Gasteiger partial charge in [-0.05, 0) is 41.5 Å². The van der Waals surface area contributed by atoms with Crippen LogP contribution in [0.2, 0.25) is 0 Å². The number of hydrogen-bond acceptors (Lipinski definition) is 7. The fraction of sp³-hybridized carbons (Fsp3) is 0.105. The normalized spacial score (nSPS) is 10.9. The van der Waals surface area contributed by atoms with Crippen LogP contribution < -0.4 is 10.2 Å². The molecule has 0 spiro atoms. The minimum Gasteiger partial charge on any atom is -0.504 e. The maximum Gasteiger partial charge on any atom is 0.320 e. The topological polar surface area (TPSA) is 132 Å². The van der Waals surface area contributed by atoms with Gasteiger partial charge in [0.2, 0.25) is 5.69 Å². The van der Waals surface area contributed by atoms with Crippen molar-refractivity contribution in [2.45, 2.75) is 6.54 Å². The number of rotatable bonds is 7. The molecule has 1 heterocycles. The Kier molecular flexibility index (Phi) is 6.42. The summed E-state index contributed by atoms with van der Waals surface area (Å²) < 4.78 is 7.22. The summed E-state index contributed by atoms with van der Waals surface area (Å²) in [5.41, 5.74) is 2.85. The van der Waals surface area contributed by atoms with Crippen LogP contribution in [-0.4, -0.2) is 39.0 Å². The number of hydrazone groups is 1. The Morgan fingerprint density at radius 2 is 2.10 bits per heavy atom. The van der Waals surface area contributed by atoms with Gasteiger partial charge in [-0.3, -0.25) is 19.6 Å². The second kappa shape index (κ2) is 9.18. The van der Waals surface area contributed by atoms with E-state index < -0.39 is 16.5 Å². The van der Waals surface area contributed by atoms with Gasteiger partial charge in [0.25, 0.3) is 5.91 Å². The van der Waals surface area contributed by atoms with Crippen LogP contribution in [0.15, 0.2) is 58.2 Å². The summed E-state index contributed by atoms with van der Waals surface area (Å²) in [6, 6.07) is 11.9. The smallest absolute Gasteiger partial charge is 0.320 e. The number of hydrogen-bond donors (Lipinski definition) is 2. The van der Waals surface area contributed by atoms with Gasteiger partial charge in [-0.1, -0.05) is 28.1 Å². The monoisotopic (exact) mass is 473 g/mol. The molecule has 0 radical (unpaired) electrons. The van der Waals surface area contributed by atoms with E-state index in [-0.39, 0.29) is 23.7 Å². The maximum atomic E-state index is 12.4. The Hall–Kier alpha value is -3.73. The molecule has 1 aromatic heterocycles. The second-order valence-electron chi connectivity index (χ2n) is 6.07. The third kappa shape index (κ3) is 5.00. The number of halogens is 1. The van der Waals surface area contributed by atoms with E-state index in [1.54, 1.807) is 6.07 Å². The molecule has 1 amide bonds. The fourth-order valence-corrected chi connectivity index (χ4v) is 2.82. The lowest BCUT2D eigenvalue weighted by molar-refractivity contribution is -0.385. The van der Waals surface area contributed by atoms with E-state index in [9.17, 15) is 20.0 Å². The lowest BCUT2D eigenvalue weighted by atomic mass is 10.2. The predicted molar refractivity (Wildman–Crippen MR) is 112 cm³/mol. The van der Waals surface area contributed by atoms with Gasteiger partial charge in [-0.25, -0.2) is 5.43 Å². The van der Waals surface area contributed by atoms with E-state index in [2.05, 4.69) is 31.6 Å². The number of amides is 1. The van der Waals surface area contributed by atoms with Crippen molar-refractivity contribution < 1.29 is 19.6 Å². The van der Waals surface area contributed by atoms with Gasteiger partial charge in [0, 0.05) is 4.47 Å². The van der Waals surface area contributed by atoms with Crippen LogP contribution in [0, 0.1) is 10.1 Å². The van der Waals surface area contributed by atoms with Gasteiger partial charge < -0.3 is 9.84 Å². The number of aromatic nitrogens is 2. The van der Waals surface area contributed by atoms with E-state index in [1.165, 1.54) is 36.3 Å². The molecular formula is C19H16BrN5O5. The number of carbonyl (C=O) groups is 1. The summed E-state index contributed by atoms with van der Waals surface area (Å²) in [4.78, 5) is 23.0. The van der Waals surface area contributed by atoms with Crippen molar-refractivity contribution in [2.24, 2.45) is 5.10 Å². The molecule has 3 rings (SSSR count). The highest BCUT2D eigenvalue weighted by Crippen LogP contribution is 2.25. The third-order valence-corrected chi connectivity index (χ3v) is 4.52. The molecule has 0 saturated heterocycles. The third-order valence-electron chi connectivity index (χ3n) is 4.00. The van der Waals surface area contributed by atoms with E-state index in [1.807, 2.05) is 24.3 Å². The molecule has 154 valence electrons. The molecule has 0 saturated carbocycles. The summed E-state index contributed by atoms with van der Waals surface area (Å²) in [7, 11) is 1.40. The molecule has 0 fully saturated rings. The van der Waals surface area contributed by atoms with Gasteiger partial charge in [-0.2, -0.15) is 10.2 Å². The number of phenolic OH excluding ortho intramolecular Hbond substituents is 1. The number of ether oxygens (including phenoxy) is 1. The number of aromatic hydroxyl groups is 1. The van der Waals surface area contributed by atoms with Gasteiger partial charge in [0.1, 0.15) is 6.20 Å². The highest BCUT2D eigenvalue weighted by molar-refractivity contribution is 9.10. The van der Waals surface area contributed by atoms with E-state index >= 15 is 0 Å². The number of benzene rings is 2. The van der Waals surface area contributed by atoms with Gasteiger partial charge in [-0.15, -0.1) is 0 Å². The first-order chi connectivity index (χ1) is 14.4. The van der Waals surface area contributed by atoms with E-state index in [0.717, 1.165) is 10.0 Å². The Bertz CT molecular complexity index is 1110. The summed E-state index contributed by atoms with van der Waals surface area (Å²) >= 11 is 3.34. The summed E-state index contributed by atoms with van der Waals surface area (Å²) in [6.45, 7) is 0.262. The Morgan fingerprint density at radius 3 is 2.77 bits per heavy atom. The molecule has 2 N–H and O–H groups in total. The quantitative estimate of drug-likeness (QED) is 0.307. The van der Waals surface area contributed by atoms with Crippen LogP contribution in [0.1, 0.15) is 21.6 Å². The molecule has 2 aromatic carbocycles. The van der Waals surface area contributed by atoms with Gasteiger partial charge in [0.15, 0.2) is 11.5 Å². The predicted octanol–water partition coefficient (Wildman–Crippen LogP) is 3.08. The molecule has 11 heteroatoms. The lowest BCUT2D eigenvalue weighted by Crippen LogP contribution is -2.19. The average Bonchev–Trinajstić information content (AvgIpc) is 3.15. The van der Waals surface area contributed by atoms with Gasteiger partial charge in [0.05, 0.1) is 24.8 Å². The number of phenols is 1. The van der Waals surface area contributed by atoms with Crippen LogP contribution in [0.4, 0.5) is 5.69 Å². The lowest BCUT2D eigenvalue weighted by Gasteiger charge is -2.03. The largest absolute Gasteiger partial charge is 0.504 e. The van der Waals surface area contributed by atoms with Crippen molar-refractivity contribution in [1.82, 2.24) is 15.2 Å². The van der Waals surface area contributed by atoms with E-state index in [0.29, 0.717) is 5.56 Å². The molecule has 10 nitrogen and oxygen atoms in total. The molecule has 30 heavy (non-hydrogen) atoms. The minimum atomic E-state index is -0.821. The van der Waals surface area contributed by atoms with Crippen molar-refractivity contribution in [3.63, 3.8) is 0 Å². The zero-order valence-corrected chi connectivity index (χ0v) is 17.2. The van der Waals surface area contributed by atoms with Crippen LogP contribution in [0.5, 0.6) is 11.5 Å². The standard InChI is InChI=1S/C19H16BrN5O5/c1-30-17-8-13(4-7-16(17)26)9-21-22-19(27)18-15(25(28)29)11-24(23-18)10-12-2-5-14(20)6-3-12/h2-9,11,26H,10H2,1H3,(H,22,27)/b21-9-. The molecule has 0 atom stereocenters. The second-order valence-corrected chi connectivity index (χ2v) is 6.99. The molecule has 0 bridgehead atoms. The summed E-state index contributed by atoms with van der Waals surface area (Å²) in [6.07, 6.45) is 2.51. The average molecular weight is 474 g/mol. The van der Waals surface area contributed by atoms with Crippen molar-refractivity contribution in [3.8, 4) is 11.5 Å². The molecule has 0 aliphatic heterocycles. The molecular weight excluding hydrogens is 458 g/mol. The highest BCUT2D eigenvalue weighted by Gasteiger charge is 2.25. The van der Waals surface area contributed by atoms with Crippen molar-refractivity contribution in [2.75, 3.05) is 7.11 Å². The summed E-state index contributed by atoms with van der Waals surface area (Å²) in [5.74, 6) is -0.614. The zero-order chi connectivity index (χ0) is 21.7.